The van der Waals surface area contributed by atoms with Crippen molar-refractivity contribution in [3.05, 3.63) is 29.8 Å². The lowest BCUT2D eigenvalue weighted by molar-refractivity contribution is 0.108. The van der Waals surface area contributed by atoms with E-state index in [-0.39, 0.29) is 6.10 Å². The molecule has 1 aromatic rings. The zero-order chi connectivity index (χ0) is 15.8. The number of hydrogen-bond donors (Lipinski definition) is 1. The summed E-state index contributed by atoms with van der Waals surface area (Å²) in [6.07, 6.45) is 4.40. The molecular weight excluding hydrogens is 276 g/mol. The molecule has 1 fully saturated rings. The highest BCUT2D eigenvalue weighted by Crippen LogP contribution is 2.26. The molecule has 4 heteroatoms. The summed E-state index contributed by atoms with van der Waals surface area (Å²) in [6.45, 7) is 2.38. The SMILES string of the molecule is CN(Cc1cccc(OCCCC#N)c1)CC1CCCC1O. The number of aliphatic hydroxyl groups is 1. The van der Waals surface area contributed by atoms with E-state index in [2.05, 4.69) is 30.1 Å². The molecule has 0 heterocycles. The van der Waals surface area contributed by atoms with Gasteiger partial charge in [-0.25, -0.2) is 0 Å². The fourth-order valence-corrected chi connectivity index (χ4v) is 3.08. The molecule has 1 N–H and O–H groups in total. The van der Waals surface area contributed by atoms with E-state index in [1.165, 1.54) is 5.56 Å². The predicted octanol–water partition coefficient (Wildman–Crippen LogP) is 2.96. The average molecular weight is 302 g/mol. The smallest absolute Gasteiger partial charge is 0.119 e. The fourth-order valence-electron chi connectivity index (χ4n) is 3.08. The molecule has 1 aromatic carbocycles. The van der Waals surface area contributed by atoms with Crippen molar-refractivity contribution in [2.24, 2.45) is 5.92 Å². The summed E-state index contributed by atoms with van der Waals surface area (Å²) in [7, 11) is 2.10. The number of aliphatic hydroxyl groups excluding tert-OH is 1. The van der Waals surface area contributed by atoms with Crippen LogP contribution in [0.4, 0.5) is 0 Å². The van der Waals surface area contributed by atoms with Gasteiger partial charge in [-0.1, -0.05) is 18.6 Å². The van der Waals surface area contributed by atoms with Gasteiger partial charge in [0, 0.05) is 19.5 Å². The first kappa shape index (κ1) is 16.8. The van der Waals surface area contributed by atoms with E-state index < -0.39 is 0 Å². The lowest BCUT2D eigenvalue weighted by Gasteiger charge is -2.23. The third kappa shape index (κ3) is 5.32. The van der Waals surface area contributed by atoms with Crippen LogP contribution in [0.1, 0.15) is 37.7 Å². The van der Waals surface area contributed by atoms with Crippen LogP contribution in [0.15, 0.2) is 24.3 Å². The van der Waals surface area contributed by atoms with Crippen molar-refractivity contribution in [2.75, 3.05) is 20.2 Å². The van der Waals surface area contributed by atoms with Crippen LogP contribution in [0.2, 0.25) is 0 Å². The average Bonchev–Trinajstić information content (AvgIpc) is 2.89. The largest absolute Gasteiger partial charge is 0.494 e. The van der Waals surface area contributed by atoms with E-state index in [1.54, 1.807) is 0 Å². The molecule has 0 radical (unpaired) electrons. The number of unbranched alkanes of at least 4 members (excludes halogenated alkanes) is 1. The summed E-state index contributed by atoms with van der Waals surface area (Å²) in [5.41, 5.74) is 1.22. The first-order chi connectivity index (χ1) is 10.7. The number of ether oxygens (including phenoxy) is 1. The van der Waals surface area contributed by atoms with Crippen molar-refractivity contribution in [3.8, 4) is 11.8 Å². The maximum Gasteiger partial charge on any atom is 0.119 e. The van der Waals surface area contributed by atoms with Gasteiger partial charge in [-0.2, -0.15) is 5.26 Å². The predicted molar refractivity (Wildman–Crippen MR) is 86.5 cm³/mol. The summed E-state index contributed by atoms with van der Waals surface area (Å²) in [6, 6.07) is 10.2. The number of rotatable bonds is 8. The van der Waals surface area contributed by atoms with E-state index >= 15 is 0 Å². The quantitative estimate of drug-likeness (QED) is 0.750. The van der Waals surface area contributed by atoms with Crippen LogP contribution in [-0.2, 0) is 6.54 Å². The molecule has 0 aliphatic heterocycles. The molecule has 1 saturated carbocycles. The minimum Gasteiger partial charge on any atom is -0.494 e. The second-order valence-electron chi connectivity index (χ2n) is 6.21. The Morgan fingerprint density at radius 1 is 1.41 bits per heavy atom. The minimum absolute atomic E-state index is 0.128. The third-order valence-corrected chi connectivity index (χ3v) is 4.22. The standard InChI is InChI=1S/C18H26N2O2/c1-20(14-16-7-5-9-18(16)21)13-15-6-4-8-17(12-15)22-11-3-2-10-19/h4,6,8,12,16,18,21H,2-3,5,7,9,11,13-14H2,1H3. The number of hydrogen-bond acceptors (Lipinski definition) is 4. The first-order valence-corrected chi connectivity index (χ1v) is 8.14. The molecule has 0 spiro atoms. The molecule has 120 valence electrons. The highest BCUT2D eigenvalue weighted by molar-refractivity contribution is 5.28. The summed E-state index contributed by atoms with van der Waals surface area (Å²) in [5.74, 6) is 1.28. The molecule has 1 aliphatic carbocycles. The Morgan fingerprint density at radius 3 is 3.00 bits per heavy atom. The van der Waals surface area contributed by atoms with Crippen LogP contribution in [0.3, 0.4) is 0 Å². The van der Waals surface area contributed by atoms with Crippen LogP contribution in [0.25, 0.3) is 0 Å². The molecule has 2 unspecified atom stereocenters. The Kier molecular flexibility index (Phi) is 6.70. The van der Waals surface area contributed by atoms with Gasteiger partial charge in [0.15, 0.2) is 0 Å². The molecule has 0 aromatic heterocycles. The van der Waals surface area contributed by atoms with Gasteiger partial charge in [0.25, 0.3) is 0 Å². The molecule has 2 rings (SSSR count). The second kappa shape index (κ2) is 8.77. The van der Waals surface area contributed by atoms with Crippen molar-refractivity contribution in [1.29, 1.82) is 5.26 Å². The molecule has 2 atom stereocenters. The number of nitrogens with zero attached hydrogens (tertiary/aromatic N) is 2. The van der Waals surface area contributed by atoms with Crippen molar-refractivity contribution in [1.82, 2.24) is 4.90 Å². The Hall–Kier alpha value is -1.57. The summed E-state index contributed by atoms with van der Waals surface area (Å²) < 4.78 is 5.67. The summed E-state index contributed by atoms with van der Waals surface area (Å²) in [5, 5.41) is 18.4. The highest BCUT2D eigenvalue weighted by atomic mass is 16.5. The highest BCUT2D eigenvalue weighted by Gasteiger charge is 2.25. The van der Waals surface area contributed by atoms with E-state index in [4.69, 9.17) is 10.00 Å². The molecular formula is C18H26N2O2. The normalized spacial score (nSPS) is 21.0. The van der Waals surface area contributed by atoms with Crippen molar-refractivity contribution in [2.45, 2.75) is 44.8 Å². The van der Waals surface area contributed by atoms with Crippen molar-refractivity contribution in [3.63, 3.8) is 0 Å². The van der Waals surface area contributed by atoms with Gasteiger partial charge in [0.05, 0.1) is 18.8 Å². The van der Waals surface area contributed by atoms with Crippen molar-refractivity contribution >= 4 is 0 Å². The van der Waals surface area contributed by atoms with Crippen LogP contribution in [0.5, 0.6) is 5.75 Å². The van der Waals surface area contributed by atoms with Gasteiger partial charge < -0.3 is 14.7 Å². The van der Waals surface area contributed by atoms with E-state index in [9.17, 15) is 5.11 Å². The van der Waals surface area contributed by atoms with Gasteiger partial charge in [0.1, 0.15) is 5.75 Å². The van der Waals surface area contributed by atoms with Gasteiger partial charge in [-0.05, 0) is 49.9 Å². The van der Waals surface area contributed by atoms with Crippen molar-refractivity contribution < 1.29 is 9.84 Å². The maximum absolute atomic E-state index is 9.92. The summed E-state index contributed by atoms with van der Waals surface area (Å²) >= 11 is 0. The fraction of sp³-hybridized carbons (Fsp3) is 0.611. The number of nitriles is 1. The van der Waals surface area contributed by atoms with Gasteiger partial charge >= 0.3 is 0 Å². The molecule has 0 bridgehead atoms. The molecule has 4 nitrogen and oxygen atoms in total. The Bertz CT molecular complexity index is 498. The molecule has 0 amide bonds. The van der Waals surface area contributed by atoms with Gasteiger partial charge in [-0.15, -0.1) is 0 Å². The van der Waals surface area contributed by atoms with Crippen LogP contribution >= 0.6 is 0 Å². The van der Waals surface area contributed by atoms with Crippen LogP contribution in [0, 0.1) is 17.2 Å². The van der Waals surface area contributed by atoms with E-state index in [0.29, 0.717) is 18.9 Å². The Labute approximate surface area is 133 Å². The monoisotopic (exact) mass is 302 g/mol. The van der Waals surface area contributed by atoms with Crippen LogP contribution < -0.4 is 4.74 Å². The zero-order valence-electron chi connectivity index (χ0n) is 13.4. The minimum atomic E-state index is -0.128. The molecule has 1 aliphatic rings. The Balaban J connectivity index is 1.80. The lowest BCUT2D eigenvalue weighted by Crippen LogP contribution is -2.29. The Morgan fingerprint density at radius 2 is 2.27 bits per heavy atom. The lowest BCUT2D eigenvalue weighted by atomic mass is 10.1. The molecule has 0 saturated heterocycles. The topological polar surface area (TPSA) is 56.5 Å². The molecule has 22 heavy (non-hydrogen) atoms. The van der Waals surface area contributed by atoms with Gasteiger partial charge in [0.2, 0.25) is 0 Å². The zero-order valence-corrected chi connectivity index (χ0v) is 13.4. The third-order valence-electron chi connectivity index (χ3n) is 4.22. The van der Waals surface area contributed by atoms with E-state index in [0.717, 1.165) is 44.5 Å². The second-order valence-corrected chi connectivity index (χ2v) is 6.21. The van der Waals surface area contributed by atoms with E-state index in [1.807, 2.05) is 12.1 Å². The maximum atomic E-state index is 9.92. The van der Waals surface area contributed by atoms with Gasteiger partial charge in [-0.3, -0.25) is 0 Å². The van der Waals surface area contributed by atoms with Crippen LogP contribution in [-0.4, -0.2) is 36.3 Å². The number of benzene rings is 1. The summed E-state index contributed by atoms with van der Waals surface area (Å²) in [4.78, 5) is 2.27. The first-order valence-electron chi connectivity index (χ1n) is 8.14.